The summed E-state index contributed by atoms with van der Waals surface area (Å²) >= 11 is 0. The molecule has 0 radical (unpaired) electrons. The van der Waals surface area contributed by atoms with Crippen LogP contribution >= 0.6 is 0 Å². The van der Waals surface area contributed by atoms with Crippen LogP contribution in [0.1, 0.15) is 16.2 Å². The van der Waals surface area contributed by atoms with Crippen LogP contribution in [0.15, 0.2) is 42.5 Å². The maximum atomic E-state index is 12.2. The van der Waals surface area contributed by atoms with Crippen LogP contribution in [-0.4, -0.2) is 49.2 Å². The van der Waals surface area contributed by atoms with Crippen LogP contribution in [-0.2, 0) is 16.1 Å². The number of rotatable bonds is 5. The van der Waals surface area contributed by atoms with Crippen molar-refractivity contribution in [2.45, 2.75) is 13.5 Å². The second-order valence-corrected chi connectivity index (χ2v) is 6.31. The number of aromatic nitrogens is 6. The van der Waals surface area contributed by atoms with Crippen molar-refractivity contribution in [1.29, 1.82) is 0 Å². The first-order valence-corrected chi connectivity index (χ1v) is 8.74. The van der Waals surface area contributed by atoms with E-state index in [1.807, 2.05) is 25.1 Å². The minimum absolute atomic E-state index is 0.100. The summed E-state index contributed by atoms with van der Waals surface area (Å²) in [5.41, 5.74) is 3.45. The maximum Gasteiger partial charge on any atom is 0.337 e. The number of nitrogens with zero attached hydrogens (tertiary/aromatic N) is 5. The monoisotopic (exact) mass is 391 g/mol. The number of aryl methyl sites for hydroxylation is 1. The number of carbonyl (C=O) groups excluding carboxylic acids is 2. The van der Waals surface area contributed by atoms with E-state index in [2.05, 4.69) is 35.4 Å². The molecule has 0 aliphatic carbocycles. The molecule has 2 N–H and O–H groups in total. The third kappa shape index (κ3) is 3.95. The average molecular weight is 391 g/mol. The molecule has 4 aromatic rings. The number of anilines is 1. The lowest BCUT2D eigenvalue weighted by Crippen LogP contribution is -2.20. The van der Waals surface area contributed by atoms with E-state index in [4.69, 9.17) is 0 Å². The SMILES string of the molecule is COC(=O)c1ccc(NC(=O)Cn2nnc(-c3ccc4nc(C)[nH]c4c3)n2)cc1. The first-order chi connectivity index (χ1) is 14.0. The Morgan fingerprint density at radius 1 is 1.17 bits per heavy atom. The van der Waals surface area contributed by atoms with Crippen LogP contribution in [0.25, 0.3) is 22.4 Å². The van der Waals surface area contributed by atoms with Crippen LogP contribution < -0.4 is 5.32 Å². The highest BCUT2D eigenvalue weighted by molar-refractivity contribution is 5.92. The van der Waals surface area contributed by atoms with Crippen molar-refractivity contribution in [2.24, 2.45) is 0 Å². The zero-order valence-electron chi connectivity index (χ0n) is 15.7. The normalized spacial score (nSPS) is 10.8. The van der Waals surface area contributed by atoms with Gasteiger partial charge in [0, 0.05) is 11.3 Å². The Labute approximate surface area is 164 Å². The molecule has 0 saturated heterocycles. The summed E-state index contributed by atoms with van der Waals surface area (Å²) in [6.45, 7) is 1.78. The lowest BCUT2D eigenvalue weighted by atomic mass is 10.2. The Balaban J connectivity index is 1.42. The quantitative estimate of drug-likeness (QED) is 0.498. The summed E-state index contributed by atoms with van der Waals surface area (Å²) < 4.78 is 4.64. The highest BCUT2D eigenvalue weighted by Gasteiger charge is 2.12. The van der Waals surface area contributed by atoms with E-state index >= 15 is 0 Å². The molecule has 2 aromatic heterocycles. The third-order valence-corrected chi connectivity index (χ3v) is 4.19. The lowest BCUT2D eigenvalue weighted by Gasteiger charge is -2.05. The van der Waals surface area contributed by atoms with Gasteiger partial charge in [0.15, 0.2) is 0 Å². The van der Waals surface area contributed by atoms with Gasteiger partial charge in [-0.3, -0.25) is 4.79 Å². The zero-order chi connectivity index (χ0) is 20.4. The Bertz CT molecular complexity index is 1190. The summed E-state index contributed by atoms with van der Waals surface area (Å²) in [5, 5.41) is 14.9. The van der Waals surface area contributed by atoms with Crippen LogP contribution in [0.4, 0.5) is 5.69 Å². The van der Waals surface area contributed by atoms with Crippen molar-refractivity contribution in [3.05, 3.63) is 53.9 Å². The van der Waals surface area contributed by atoms with Gasteiger partial charge >= 0.3 is 5.97 Å². The molecule has 0 saturated carbocycles. The van der Waals surface area contributed by atoms with E-state index in [1.165, 1.54) is 11.9 Å². The number of hydrogen-bond acceptors (Lipinski definition) is 7. The Morgan fingerprint density at radius 3 is 2.72 bits per heavy atom. The molecule has 146 valence electrons. The molecular formula is C19H17N7O3. The lowest BCUT2D eigenvalue weighted by molar-refractivity contribution is -0.117. The fourth-order valence-electron chi connectivity index (χ4n) is 2.84. The van der Waals surface area contributed by atoms with Crippen molar-refractivity contribution in [3.8, 4) is 11.4 Å². The van der Waals surface area contributed by atoms with E-state index < -0.39 is 5.97 Å². The molecule has 0 atom stereocenters. The average Bonchev–Trinajstić information content (AvgIpc) is 3.32. The Kier molecular flexibility index (Phi) is 4.73. The van der Waals surface area contributed by atoms with E-state index in [-0.39, 0.29) is 12.5 Å². The van der Waals surface area contributed by atoms with E-state index in [0.29, 0.717) is 17.1 Å². The summed E-state index contributed by atoms with van der Waals surface area (Å²) in [4.78, 5) is 32.4. The van der Waals surface area contributed by atoms with Crippen molar-refractivity contribution >= 4 is 28.6 Å². The molecule has 2 aromatic carbocycles. The van der Waals surface area contributed by atoms with Gasteiger partial charge in [0.2, 0.25) is 11.7 Å². The van der Waals surface area contributed by atoms with Gasteiger partial charge in [0.25, 0.3) is 0 Å². The van der Waals surface area contributed by atoms with Crippen molar-refractivity contribution in [2.75, 3.05) is 12.4 Å². The largest absolute Gasteiger partial charge is 0.465 e. The van der Waals surface area contributed by atoms with Crippen LogP contribution in [0, 0.1) is 6.92 Å². The second-order valence-electron chi connectivity index (χ2n) is 6.31. The first kappa shape index (κ1) is 18.3. The van der Waals surface area contributed by atoms with Crippen LogP contribution in [0.3, 0.4) is 0 Å². The number of imidazole rings is 1. The predicted molar refractivity (Wildman–Crippen MR) is 104 cm³/mol. The van der Waals surface area contributed by atoms with Gasteiger partial charge in [-0.25, -0.2) is 9.78 Å². The van der Waals surface area contributed by atoms with Gasteiger partial charge in [-0.1, -0.05) is 0 Å². The molecule has 1 amide bonds. The fourth-order valence-corrected chi connectivity index (χ4v) is 2.84. The van der Waals surface area contributed by atoms with Gasteiger partial charge in [-0.15, -0.1) is 10.2 Å². The highest BCUT2D eigenvalue weighted by atomic mass is 16.5. The van der Waals surface area contributed by atoms with Gasteiger partial charge in [0.05, 0.1) is 23.7 Å². The van der Waals surface area contributed by atoms with Crippen LogP contribution in [0.2, 0.25) is 0 Å². The van der Waals surface area contributed by atoms with Crippen LogP contribution in [0.5, 0.6) is 0 Å². The molecule has 0 bridgehead atoms. The maximum absolute atomic E-state index is 12.2. The number of tetrazole rings is 1. The van der Waals surface area contributed by atoms with Crippen molar-refractivity contribution < 1.29 is 14.3 Å². The molecule has 4 rings (SSSR count). The minimum atomic E-state index is -0.439. The van der Waals surface area contributed by atoms with Gasteiger partial charge in [-0.05, 0) is 54.6 Å². The minimum Gasteiger partial charge on any atom is -0.465 e. The number of fused-ring (bicyclic) bond motifs is 1. The number of amides is 1. The number of H-pyrrole nitrogens is 1. The first-order valence-electron chi connectivity index (χ1n) is 8.74. The smallest absolute Gasteiger partial charge is 0.337 e. The summed E-state index contributed by atoms with van der Waals surface area (Å²) in [6, 6.07) is 12.0. The standard InChI is InChI=1S/C19H17N7O3/c1-11-20-15-8-5-13(9-16(15)21-11)18-23-25-26(24-18)10-17(27)22-14-6-3-12(4-7-14)19(28)29-2/h3-9H,10H2,1-2H3,(H,20,21)(H,22,27). The van der Waals surface area contributed by atoms with E-state index in [1.54, 1.807) is 24.3 Å². The number of carbonyl (C=O) groups is 2. The van der Waals surface area contributed by atoms with E-state index in [9.17, 15) is 9.59 Å². The predicted octanol–water partition coefficient (Wildman–Crippen LogP) is 1.95. The third-order valence-electron chi connectivity index (χ3n) is 4.19. The van der Waals surface area contributed by atoms with E-state index in [0.717, 1.165) is 22.4 Å². The number of aromatic amines is 1. The highest BCUT2D eigenvalue weighted by Crippen LogP contribution is 2.20. The second kappa shape index (κ2) is 7.50. The zero-order valence-corrected chi connectivity index (χ0v) is 15.7. The van der Waals surface area contributed by atoms with Gasteiger partial charge < -0.3 is 15.0 Å². The molecular weight excluding hydrogens is 374 g/mol. The summed E-state index contributed by atoms with van der Waals surface area (Å²) in [6.07, 6.45) is 0. The molecule has 0 aliphatic rings. The molecule has 29 heavy (non-hydrogen) atoms. The molecule has 10 nitrogen and oxygen atoms in total. The fraction of sp³-hybridized carbons (Fsp3) is 0.158. The number of methoxy groups -OCH3 is 1. The molecule has 2 heterocycles. The molecule has 10 heteroatoms. The summed E-state index contributed by atoms with van der Waals surface area (Å²) in [5.74, 6) is 0.476. The number of benzene rings is 2. The Hall–Kier alpha value is -4.08. The molecule has 0 fully saturated rings. The topological polar surface area (TPSA) is 128 Å². The molecule has 0 aliphatic heterocycles. The number of ether oxygens (including phenoxy) is 1. The van der Waals surface area contributed by atoms with Crippen molar-refractivity contribution in [3.63, 3.8) is 0 Å². The summed E-state index contributed by atoms with van der Waals surface area (Å²) in [7, 11) is 1.31. The number of hydrogen-bond donors (Lipinski definition) is 2. The number of esters is 1. The van der Waals surface area contributed by atoms with Crippen molar-refractivity contribution in [1.82, 2.24) is 30.2 Å². The Morgan fingerprint density at radius 2 is 1.97 bits per heavy atom. The molecule has 0 spiro atoms. The molecule has 0 unspecified atom stereocenters. The van der Waals surface area contributed by atoms with Gasteiger partial charge in [-0.2, -0.15) is 4.80 Å². The number of nitrogens with one attached hydrogen (secondary N) is 2. The van der Waals surface area contributed by atoms with Gasteiger partial charge in [0.1, 0.15) is 12.4 Å².